The quantitative estimate of drug-likeness (QED) is 0.353. The third-order valence-electron chi connectivity index (χ3n) is 1.97. The van der Waals surface area contributed by atoms with Crippen LogP contribution in [0.15, 0.2) is 0 Å². The molecule has 0 unspecified atom stereocenters. The Morgan fingerprint density at radius 2 is 2.19 bits per heavy atom. The first-order chi connectivity index (χ1) is 7.66. The van der Waals surface area contributed by atoms with Gasteiger partial charge in [-0.25, -0.2) is 0 Å². The Morgan fingerprint density at radius 1 is 1.44 bits per heavy atom. The Bertz CT molecular complexity index is 222. The lowest BCUT2D eigenvalue weighted by molar-refractivity contribution is -0.143. The van der Waals surface area contributed by atoms with Crippen LogP contribution in [0.3, 0.4) is 0 Å². The van der Waals surface area contributed by atoms with E-state index in [2.05, 4.69) is 16.1 Å². The zero-order valence-corrected chi connectivity index (χ0v) is 10.3. The van der Waals surface area contributed by atoms with Crippen LogP contribution < -0.4 is 5.32 Å². The highest BCUT2D eigenvalue weighted by Crippen LogP contribution is 1.88. The predicted molar refractivity (Wildman–Crippen MR) is 65.1 cm³/mol. The van der Waals surface area contributed by atoms with Crippen LogP contribution in [-0.2, 0) is 9.53 Å². The largest absolute Gasteiger partial charge is 0.465 e. The smallest absolute Gasteiger partial charge is 0.307 e. The van der Waals surface area contributed by atoms with Gasteiger partial charge in [-0.1, -0.05) is 0 Å². The fourth-order valence-electron chi connectivity index (χ4n) is 1.13. The lowest BCUT2D eigenvalue weighted by atomic mass is 10.3. The lowest BCUT2D eigenvalue weighted by Gasteiger charge is -2.09. The second-order valence-corrected chi connectivity index (χ2v) is 3.83. The fraction of sp³-hybridized carbons (Fsp3) is 0.750. The molecular weight excluding hydrogens is 204 g/mol. The summed E-state index contributed by atoms with van der Waals surface area (Å²) in [6.45, 7) is 2.98. The summed E-state index contributed by atoms with van der Waals surface area (Å²) in [5, 5.41) is 3.19. The molecule has 16 heavy (non-hydrogen) atoms. The molecule has 0 amide bonds. The van der Waals surface area contributed by atoms with Crippen molar-refractivity contribution in [2.45, 2.75) is 19.3 Å². The predicted octanol–water partition coefficient (Wildman–Crippen LogP) is 0.484. The van der Waals surface area contributed by atoms with Gasteiger partial charge in [-0.15, -0.1) is 12.3 Å². The average Bonchev–Trinajstić information content (AvgIpc) is 2.23. The summed E-state index contributed by atoms with van der Waals surface area (Å²) in [6.07, 6.45) is 7.02. The molecule has 4 nitrogen and oxygen atoms in total. The Kier molecular flexibility index (Phi) is 9.78. The maximum Gasteiger partial charge on any atom is 0.307 e. The molecule has 0 aliphatic rings. The minimum absolute atomic E-state index is 0.185. The van der Waals surface area contributed by atoms with Crippen LogP contribution in [0.2, 0.25) is 0 Å². The highest BCUT2D eigenvalue weighted by molar-refractivity contribution is 5.69. The summed E-state index contributed by atoms with van der Waals surface area (Å²) in [4.78, 5) is 13.3. The van der Waals surface area contributed by atoms with Gasteiger partial charge in [-0.3, -0.25) is 4.79 Å². The van der Waals surface area contributed by atoms with Crippen LogP contribution >= 0.6 is 0 Å². The van der Waals surface area contributed by atoms with Crippen LogP contribution in [0, 0.1) is 12.3 Å². The molecule has 0 spiro atoms. The van der Waals surface area contributed by atoms with E-state index in [1.807, 2.05) is 14.1 Å². The first-order valence-corrected chi connectivity index (χ1v) is 5.61. The van der Waals surface area contributed by atoms with Crippen molar-refractivity contribution >= 4 is 5.97 Å². The molecule has 92 valence electrons. The summed E-state index contributed by atoms with van der Waals surface area (Å²) in [5.74, 6) is 2.24. The highest BCUT2D eigenvalue weighted by atomic mass is 16.5. The Labute approximate surface area is 98.3 Å². The van der Waals surface area contributed by atoms with Gasteiger partial charge in [0.15, 0.2) is 0 Å². The number of terminal acetylenes is 1. The fourth-order valence-corrected chi connectivity index (χ4v) is 1.13. The van der Waals surface area contributed by atoms with Gasteiger partial charge in [0, 0.05) is 13.0 Å². The topological polar surface area (TPSA) is 41.6 Å². The molecule has 0 radical (unpaired) electrons. The minimum atomic E-state index is -0.185. The van der Waals surface area contributed by atoms with Crippen molar-refractivity contribution in [2.75, 3.05) is 40.3 Å². The molecule has 0 heterocycles. The number of ether oxygens (including phenoxy) is 1. The van der Waals surface area contributed by atoms with Gasteiger partial charge in [0.1, 0.15) is 6.61 Å². The maximum atomic E-state index is 11.1. The molecular formula is C12H22N2O2. The van der Waals surface area contributed by atoms with Crippen molar-refractivity contribution in [1.82, 2.24) is 10.2 Å². The van der Waals surface area contributed by atoms with Gasteiger partial charge in [0.2, 0.25) is 0 Å². The second-order valence-electron chi connectivity index (χ2n) is 3.83. The molecule has 4 heteroatoms. The maximum absolute atomic E-state index is 11.1. The standard InChI is InChI=1S/C12H22N2O2/c1-4-5-11-16-12(15)7-9-13-8-6-10-14(2)3/h1,13H,5-11H2,2-3H3. The molecule has 0 atom stereocenters. The number of rotatable bonds is 9. The van der Waals surface area contributed by atoms with Crippen molar-refractivity contribution in [1.29, 1.82) is 0 Å². The normalized spacial score (nSPS) is 10.1. The number of carbonyl (C=O) groups excluding carboxylic acids is 1. The first kappa shape index (κ1) is 14.9. The van der Waals surface area contributed by atoms with E-state index < -0.39 is 0 Å². The Morgan fingerprint density at radius 3 is 2.81 bits per heavy atom. The van der Waals surface area contributed by atoms with E-state index in [4.69, 9.17) is 11.2 Å². The lowest BCUT2D eigenvalue weighted by Crippen LogP contribution is -2.24. The van der Waals surface area contributed by atoms with E-state index in [0.717, 1.165) is 19.5 Å². The SMILES string of the molecule is C#CCCOC(=O)CCNCCCN(C)C. The molecule has 0 bridgehead atoms. The zero-order valence-electron chi connectivity index (χ0n) is 10.3. The van der Waals surface area contributed by atoms with Gasteiger partial charge in [-0.05, 0) is 33.6 Å². The van der Waals surface area contributed by atoms with E-state index in [1.54, 1.807) is 0 Å². The van der Waals surface area contributed by atoms with E-state index in [1.165, 1.54) is 0 Å². The minimum Gasteiger partial charge on any atom is -0.465 e. The Balaban J connectivity index is 3.19. The van der Waals surface area contributed by atoms with Crippen LogP contribution in [0.1, 0.15) is 19.3 Å². The number of hydrogen-bond donors (Lipinski definition) is 1. The number of hydrogen-bond acceptors (Lipinski definition) is 4. The van der Waals surface area contributed by atoms with Crippen molar-refractivity contribution in [3.05, 3.63) is 0 Å². The number of nitrogens with one attached hydrogen (secondary N) is 1. The third-order valence-corrected chi connectivity index (χ3v) is 1.97. The van der Waals surface area contributed by atoms with E-state index in [9.17, 15) is 4.79 Å². The number of esters is 1. The molecule has 0 fully saturated rings. The van der Waals surface area contributed by atoms with Crippen LogP contribution in [0.4, 0.5) is 0 Å². The van der Waals surface area contributed by atoms with Crippen molar-refractivity contribution in [3.63, 3.8) is 0 Å². The van der Waals surface area contributed by atoms with Crippen molar-refractivity contribution in [2.24, 2.45) is 0 Å². The zero-order chi connectivity index (χ0) is 12.2. The molecule has 0 rings (SSSR count). The van der Waals surface area contributed by atoms with E-state index in [-0.39, 0.29) is 5.97 Å². The first-order valence-electron chi connectivity index (χ1n) is 5.61. The molecule has 0 aromatic rings. The third kappa shape index (κ3) is 11.0. The number of nitrogens with zero attached hydrogens (tertiary/aromatic N) is 1. The molecule has 0 aromatic carbocycles. The number of carbonyl (C=O) groups is 1. The summed E-state index contributed by atoms with van der Waals surface area (Å²) in [7, 11) is 4.09. The second kappa shape index (κ2) is 10.5. The summed E-state index contributed by atoms with van der Waals surface area (Å²) >= 11 is 0. The molecule has 0 saturated carbocycles. The summed E-state index contributed by atoms with van der Waals surface area (Å²) < 4.78 is 4.90. The van der Waals surface area contributed by atoms with Crippen molar-refractivity contribution < 1.29 is 9.53 Å². The summed E-state index contributed by atoms with van der Waals surface area (Å²) in [5.41, 5.74) is 0. The van der Waals surface area contributed by atoms with Crippen LogP contribution in [-0.4, -0.2) is 51.2 Å². The van der Waals surface area contributed by atoms with Crippen LogP contribution in [0.25, 0.3) is 0 Å². The van der Waals surface area contributed by atoms with Crippen molar-refractivity contribution in [3.8, 4) is 12.3 Å². The van der Waals surface area contributed by atoms with Gasteiger partial charge >= 0.3 is 5.97 Å². The molecule has 0 aromatic heterocycles. The van der Waals surface area contributed by atoms with Gasteiger partial charge in [0.05, 0.1) is 6.42 Å². The monoisotopic (exact) mass is 226 g/mol. The molecule has 0 aliphatic carbocycles. The molecule has 1 N–H and O–H groups in total. The average molecular weight is 226 g/mol. The van der Waals surface area contributed by atoms with Gasteiger partial charge in [0.25, 0.3) is 0 Å². The molecule has 0 aliphatic heterocycles. The van der Waals surface area contributed by atoms with Crippen LogP contribution in [0.5, 0.6) is 0 Å². The van der Waals surface area contributed by atoms with Gasteiger partial charge in [-0.2, -0.15) is 0 Å². The van der Waals surface area contributed by atoms with E-state index >= 15 is 0 Å². The molecule has 0 saturated heterocycles. The highest BCUT2D eigenvalue weighted by Gasteiger charge is 2.00. The Hall–Kier alpha value is -1.05. The van der Waals surface area contributed by atoms with Gasteiger partial charge < -0.3 is 15.0 Å². The summed E-state index contributed by atoms with van der Waals surface area (Å²) in [6, 6.07) is 0. The van der Waals surface area contributed by atoms with E-state index in [0.29, 0.717) is 26.0 Å².